The highest BCUT2D eigenvalue weighted by Gasteiger charge is 2.08. The number of hydrogen-bond donors (Lipinski definition) is 0. The van der Waals surface area contributed by atoms with Gasteiger partial charge in [0.15, 0.2) is 17.4 Å². The van der Waals surface area contributed by atoms with Gasteiger partial charge in [0.05, 0.1) is 14.2 Å². The van der Waals surface area contributed by atoms with Gasteiger partial charge in [0.2, 0.25) is 0 Å². The van der Waals surface area contributed by atoms with E-state index in [1.165, 1.54) is 19.3 Å². The third kappa shape index (κ3) is 4.65. The monoisotopic (exact) mass is 332 g/mol. The number of rotatable bonds is 7. The molecule has 0 saturated carbocycles. The fraction of sp³-hybridized carbons (Fsp3) is 0.211. The number of methoxy groups -OCH3 is 2. The largest absolute Gasteiger partial charge is 0.497 e. The smallest absolute Gasteiger partial charge is 0.159 e. The van der Waals surface area contributed by atoms with Crippen LogP contribution in [0.25, 0.3) is 0 Å². The number of ketones is 1. The van der Waals surface area contributed by atoms with Crippen molar-refractivity contribution in [1.29, 1.82) is 0 Å². The van der Waals surface area contributed by atoms with Crippen LogP contribution in [0.1, 0.15) is 11.1 Å². The van der Waals surface area contributed by atoms with Gasteiger partial charge in [-0.15, -0.1) is 0 Å². The van der Waals surface area contributed by atoms with Crippen molar-refractivity contribution < 1.29 is 23.0 Å². The van der Waals surface area contributed by atoms with E-state index in [4.69, 9.17) is 9.47 Å². The van der Waals surface area contributed by atoms with E-state index < -0.39 is 11.6 Å². The van der Waals surface area contributed by atoms with Crippen LogP contribution in [0.4, 0.5) is 8.78 Å². The summed E-state index contributed by atoms with van der Waals surface area (Å²) in [6.07, 6.45) is 3.60. The molecule has 0 heterocycles. The molecule has 5 heteroatoms. The third-order valence-electron chi connectivity index (χ3n) is 3.50. The first-order valence-corrected chi connectivity index (χ1v) is 7.37. The fourth-order valence-electron chi connectivity index (χ4n) is 2.24. The summed E-state index contributed by atoms with van der Waals surface area (Å²) < 4.78 is 36.3. The molecule has 0 atom stereocenters. The van der Waals surface area contributed by atoms with Gasteiger partial charge >= 0.3 is 0 Å². The second-order valence-electron chi connectivity index (χ2n) is 5.18. The summed E-state index contributed by atoms with van der Waals surface area (Å²) in [6, 6.07) is 8.93. The Morgan fingerprint density at radius 2 is 1.83 bits per heavy atom. The molecule has 0 spiro atoms. The summed E-state index contributed by atoms with van der Waals surface area (Å²) >= 11 is 0. The van der Waals surface area contributed by atoms with Crippen LogP contribution in [-0.4, -0.2) is 20.0 Å². The van der Waals surface area contributed by atoms with E-state index in [-0.39, 0.29) is 12.2 Å². The van der Waals surface area contributed by atoms with E-state index in [0.29, 0.717) is 23.5 Å². The van der Waals surface area contributed by atoms with Crippen LogP contribution in [0.15, 0.2) is 48.6 Å². The average Bonchev–Trinajstić information content (AvgIpc) is 2.58. The highest BCUT2D eigenvalue weighted by atomic mass is 19.2. The van der Waals surface area contributed by atoms with Gasteiger partial charge in [0.1, 0.15) is 11.5 Å². The molecule has 0 aliphatic heterocycles. The molecule has 0 saturated heterocycles. The molecular weight excluding hydrogens is 314 g/mol. The summed E-state index contributed by atoms with van der Waals surface area (Å²) in [5.74, 6) is -0.657. The van der Waals surface area contributed by atoms with E-state index >= 15 is 0 Å². The zero-order chi connectivity index (χ0) is 17.5. The molecule has 0 N–H and O–H groups in total. The molecule has 0 bridgehead atoms. The second kappa shape index (κ2) is 8.24. The minimum atomic E-state index is -0.893. The Kier molecular flexibility index (Phi) is 6.07. The Bertz CT molecular complexity index is 754. The SMILES string of the molecule is COc1ccc(CC(=O)/C=C/Cc2ccc(F)c(F)c2)c(OC)c1. The Labute approximate surface area is 139 Å². The van der Waals surface area contributed by atoms with Crippen molar-refractivity contribution in [2.75, 3.05) is 14.2 Å². The molecule has 0 aromatic heterocycles. The number of carbonyl (C=O) groups excluding carboxylic acids is 1. The highest BCUT2D eigenvalue weighted by Crippen LogP contribution is 2.25. The Morgan fingerprint density at radius 3 is 2.50 bits per heavy atom. The van der Waals surface area contributed by atoms with Gasteiger partial charge in [0, 0.05) is 18.1 Å². The van der Waals surface area contributed by atoms with Gasteiger partial charge < -0.3 is 9.47 Å². The number of allylic oxidation sites excluding steroid dienone is 2. The van der Waals surface area contributed by atoms with Crippen molar-refractivity contribution in [3.63, 3.8) is 0 Å². The maximum atomic E-state index is 13.1. The molecule has 0 aliphatic rings. The number of carbonyl (C=O) groups is 1. The van der Waals surface area contributed by atoms with Crippen molar-refractivity contribution in [3.05, 3.63) is 71.3 Å². The molecule has 2 rings (SSSR count). The third-order valence-corrected chi connectivity index (χ3v) is 3.50. The normalized spacial score (nSPS) is 10.8. The van der Waals surface area contributed by atoms with Crippen LogP contribution < -0.4 is 9.47 Å². The molecule has 0 amide bonds. The Balaban J connectivity index is 1.98. The summed E-state index contributed by atoms with van der Waals surface area (Å²) in [7, 11) is 3.09. The Hall–Kier alpha value is -2.69. The maximum absolute atomic E-state index is 13.1. The molecule has 0 radical (unpaired) electrons. The fourth-order valence-corrected chi connectivity index (χ4v) is 2.24. The first-order chi connectivity index (χ1) is 11.5. The lowest BCUT2D eigenvalue weighted by Gasteiger charge is -2.09. The molecule has 2 aromatic carbocycles. The lowest BCUT2D eigenvalue weighted by molar-refractivity contribution is -0.114. The molecule has 24 heavy (non-hydrogen) atoms. The molecule has 3 nitrogen and oxygen atoms in total. The predicted molar refractivity (Wildman–Crippen MR) is 87.5 cm³/mol. The molecule has 0 fully saturated rings. The van der Waals surface area contributed by atoms with Crippen molar-refractivity contribution in [2.24, 2.45) is 0 Å². The van der Waals surface area contributed by atoms with Crippen molar-refractivity contribution in [2.45, 2.75) is 12.8 Å². The van der Waals surface area contributed by atoms with Crippen LogP contribution in [0, 0.1) is 11.6 Å². The van der Waals surface area contributed by atoms with Gasteiger partial charge in [-0.1, -0.05) is 18.2 Å². The first kappa shape index (κ1) is 17.7. The summed E-state index contributed by atoms with van der Waals surface area (Å²) in [4.78, 5) is 12.0. The van der Waals surface area contributed by atoms with E-state index in [1.54, 1.807) is 31.4 Å². The average molecular weight is 332 g/mol. The lowest BCUT2D eigenvalue weighted by Crippen LogP contribution is -2.01. The van der Waals surface area contributed by atoms with Crippen molar-refractivity contribution >= 4 is 5.78 Å². The van der Waals surface area contributed by atoms with E-state index in [1.807, 2.05) is 0 Å². The Morgan fingerprint density at radius 1 is 1.04 bits per heavy atom. The number of hydrogen-bond acceptors (Lipinski definition) is 3. The van der Waals surface area contributed by atoms with E-state index in [0.717, 1.165) is 17.7 Å². The number of benzene rings is 2. The molecular formula is C19H18F2O3. The standard InChI is InChI=1S/C19H18F2O3/c1-23-16-8-7-14(19(12-16)24-2)11-15(22)5-3-4-13-6-9-17(20)18(21)10-13/h3,5-10,12H,4,11H2,1-2H3/b5-3+. The summed E-state index contributed by atoms with van der Waals surface area (Å²) in [5, 5.41) is 0. The second-order valence-corrected chi connectivity index (χ2v) is 5.18. The van der Waals surface area contributed by atoms with Gasteiger partial charge in [-0.05, 0) is 36.3 Å². The lowest BCUT2D eigenvalue weighted by atomic mass is 10.1. The van der Waals surface area contributed by atoms with E-state index in [9.17, 15) is 13.6 Å². The zero-order valence-electron chi connectivity index (χ0n) is 13.5. The first-order valence-electron chi connectivity index (χ1n) is 7.37. The van der Waals surface area contributed by atoms with Crippen LogP contribution in [0.3, 0.4) is 0 Å². The maximum Gasteiger partial charge on any atom is 0.159 e. The van der Waals surface area contributed by atoms with Crippen molar-refractivity contribution in [1.82, 2.24) is 0 Å². The summed E-state index contributed by atoms with van der Waals surface area (Å²) in [6.45, 7) is 0. The quantitative estimate of drug-likeness (QED) is 0.722. The van der Waals surface area contributed by atoms with Crippen LogP contribution >= 0.6 is 0 Å². The topological polar surface area (TPSA) is 35.5 Å². The number of halogens is 2. The summed E-state index contributed by atoms with van der Waals surface area (Å²) in [5.41, 5.74) is 1.35. The molecule has 0 unspecified atom stereocenters. The van der Waals surface area contributed by atoms with Gasteiger partial charge in [0.25, 0.3) is 0 Å². The number of ether oxygens (including phenoxy) is 2. The van der Waals surface area contributed by atoms with Crippen LogP contribution in [-0.2, 0) is 17.6 Å². The zero-order valence-corrected chi connectivity index (χ0v) is 13.5. The van der Waals surface area contributed by atoms with Gasteiger partial charge in [-0.3, -0.25) is 4.79 Å². The van der Waals surface area contributed by atoms with Crippen LogP contribution in [0.2, 0.25) is 0 Å². The predicted octanol–water partition coefficient (Wildman–Crippen LogP) is 3.89. The van der Waals surface area contributed by atoms with E-state index in [2.05, 4.69) is 0 Å². The molecule has 0 aliphatic carbocycles. The molecule has 126 valence electrons. The minimum Gasteiger partial charge on any atom is -0.497 e. The highest BCUT2D eigenvalue weighted by molar-refractivity contribution is 5.91. The molecule has 2 aromatic rings. The van der Waals surface area contributed by atoms with Crippen LogP contribution in [0.5, 0.6) is 11.5 Å². The van der Waals surface area contributed by atoms with Gasteiger partial charge in [-0.25, -0.2) is 8.78 Å². The van der Waals surface area contributed by atoms with Gasteiger partial charge in [-0.2, -0.15) is 0 Å². The van der Waals surface area contributed by atoms with Crippen molar-refractivity contribution in [3.8, 4) is 11.5 Å². The minimum absolute atomic E-state index is 0.110.